The standard InChI is InChI=1S/C11H14F3N3O/c12-11(13,14)8-18-10-5-9(6-16-7-10)17-3-1-15-2-4-17/h5-7,15H,1-4,8H2. The van der Waals surface area contributed by atoms with Gasteiger partial charge in [0.05, 0.1) is 18.1 Å². The third-order valence-corrected chi connectivity index (χ3v) is 2.58. The molecule has 0 unspecified atom stereocenters. The van der Waals surface area contributed by atoms with Crippen LogP contribution in [0.1, 0.15) is 0 Å². The Bertz CT molecular complexity index is 391. The number of aromatic nitrogens is 1. The summed E-state index contributed by atoms with van der Waals surface area (Å²) in [7, 11) is 0. The maximum absolute atomic E-state index is 12.0. The largest absolute Gasteiger partial charge is 0.482 e. The number of alkyl halides is 3. The summed E-state index contributed by atoms with van der Waals surface area (Å²) in [6.07, 6.45) is -1.41. The Hall–Kier alpha value is -1.50. The molecule has 18 heavy (non-hydrogen) atoms. The van der Waals surface area contributed by atoms with E-state index in [1.165, 1.54) is 6.20 Å². The number of hydrogen-bond donors (Lipinski definition) is 1. The second-order valence-corrected chi connectivity index (χ2v) is 4.02. The Kier molecular flexibility index (Phi) is 3.90. The molecule has 0 amide bonds. The Balaban J connectivity index is 2.00. The van der Waals surface area contributed by atoms with Gasteiger partial charge in [-0.25, -0.2) is 0 Å². The third-order valence-electron chi connectivity index (χ3n) is 2.58. The van der Waals surface area contributed by atoms with E-state index in [4.69, 9.17) is 0 Å². The number of hydrogen-bond acceptors (Lipinski definition) is 4. The number of pyridine rings is 1. The van der Waals surface area contributed by atoms with Crippen LogP contribution in [-0.4, -0.2) is 43.9 Å². The molecule has 1 N–H and O–H groups in total. The first-order valence-electron chi connectivity index (χ1n) is 5.65. The van der Waals surface area contributed by atoms with Crippen LogP contribution in [0, 0.1) is 0 Å². The number of piperazine rings is 1. The van der Waals surface area contributed by atoms with Crippen molar-refractivity contribution >= 4 is 5.69 Å². The number of halogens is 3. The molecular formula is C11H14F3N3O. The van der Waals surface area contributed by atoms with Crippen molar-refractivity contribution in [3.8, 4) is 5.75 Å². The lowest BCUT2D eigenvalue weighted by atomic mass is 10.3. The lowest BCUT2D eigenvalue weighted by molar-refractivity contribution is -0.153. The second-order valence-electron chi connectivity index (χ2n) is 4.02. The zero-order valence-corrected chi connectivity index (χ0v) is 9.70. The van der Waals surface area contributed by atoms with Crippen molar-refractivity contribution in [1.82, 2.24) is 10.3 Å². The van der Waals surface area contributed by atoms with Gasteiger partial charge in [0.2, 0.25) is 0 Å². The van der Waals surface area contributed by atoms with Gasteiger partial charge in [0.1, 0.15) is 5.75 Å². The van der Waals surface area contributed by atoms with Gasteiger partial charge < -0.3 is 15.0 Å². The van der Waals surface area contributed by atoms with Crippen LogP contribution in [0.2, 0.25) is 0 Å². The second kappa shape index (κ2) is 5.43. The Morgan fingerprint density at radius 1 is 1.28 bits per heavy atom. The van der Waals surface area contributed by atoms with E-state index in [1.807, 2.05) is 0 Å². The van der Waals surface area contributed by atoms with Crippen molar-refractivity contribution in [3.05, 3.63) is 18.5 Å². The van der Waals surface area contributed by atoms with Gasteiger partial charge in [0.15, 0.2) is 6.61 Å². The highest BCUT2D eigenvalue weighted by Gasteiger charge is 2.28. The van der Waals surface area contributed by atoms with Crippen molar-refractivity contribution in [2.45, 2.75) is 6.18 Å². The molecule has 7 heteroatoms. The normalized spacial score (nSPS) is 16.7. The van der Waals surface area contributed by atoms with Crippen molar-refractivity contribution in [3.63, 3.8) is 0 Å². The van der Waals surface area contributed by atoms with Crippen molar-refractivity contribution in [2.24, 2.45) is 0 Å². The number of rotatable bonds is 3. The predicted octanol–water partition coefficient (Wildman–Crippen LogP) is 1.43. The third kappa shape index (κ3) is 3.76. The van der Waals surface area contributed by atoms with Gasteiger partial charge in [-0.05, 0) is 0 Å². The highest BCUT2D eigenvalue weighted by Crippen LogP contribution is 2.22. The molecular weight excluding hydrogens is 247 g/mol. The van der Waals surface area contributed by atoms with Crippen LogP contribution in [0.15, 0.2) is 18.5 Å². The molecule has 0 atom stereocenters. The summed E-state index contributed by atoms with van der Waals surface area (Å²) in [5.41, 5.74) is 0.788. The van der Waals surface area contributed by atoms with E-state index in [9.17, 15) is 13.2 Å². The number of anilines is 1. The monoisotopic (exact) mass is 261 g/mol. The summed E-state index contributed by atoms with van der Waals surface area (Å²) in [4.78, 5) is 5.97. The van der Waals surface area contributed by atoms with E-state index < -0.39 is 12.8 Å². The van der Waals surface area contributed by atoms with Crippen LogP contribution in [0.25, 0.3) is 0 Å². The molecule has 100 valence electrons. The van der Waals surface area contributed by atoms with E-state index in [2.05, 4.69) is 19.9 Å². The fourth-order valence-corrected chi connectivity index (χ4v) is 1.75. The van der Waals surface area contributed by atoms with Gasteiger partial charge in [-0.1, -0.05) is 0 Å². The summed E-state index contributed by atoms with van der Waals surface area (Å²) >= 11 is 0. The Labute approximate surface area is 103 Å². The fourth-order valence-electron chi connectivity index (χ4n) is 1.75. The van der Waals surface area contributed by atoms with E-state index in [0.717, 1.165) is 31.9 Å². The van der Waals surface area contributed by atoms with Crippen LogP contribution in [0.5, 0.6) is 5.75 Å². The molecule has 2 rings (SSSR count). The zero-order valence-electron chi connectivity index (χ0n) is 9.70. The molecule has 1 aliphatic heterocycles. The van der Waals surface area contributed by atoms with E-state index >= 15 is 0 Å². The Morgan fingerprint density at radius 2 is 2.00 bits per heavy atom. The average molecular weight is 261 g/mol. The van der Waals surface area contributed by atoms with Crippen molar-refractivity contribution in [1.29, 1.82) is 0 Å². The molecule has 1 aromatic rings. The van der Waals surface area contributed by atoms with Crippen LogP contribution in [0.3, 0.4) is 0 Å². The minimum atomic E-state index is -4.33. The molecule has 1 fully saturated rings. The first-order chi connectivity index (χ1) is 8.54. The molecule has 0 aromatic carbocycles. The highest BCUT2D eigenvalue weighted by molar-refractivity contribution is 5.48. The van der Waals surface area contributed by atoms with Gasteiger partial charge in [-0.15, -0.1) is 0 Å². The molecule has 2 heterocycles. The maximum Gasteiger partial charge on any atom is 0.422 e. The first-order valence-corrected chi connectivity index (χ1v) is 5.65. The SMILES string of the molecule is FC(F)(F)COc1cncc(N2CCNCC2)c1. The van der Waals surface area contributed by atoms with Crippen LogP contribution in [-0.2, 0) is 0 Å². The quantitative estimate of drug-likeness (QED) is 0.893. The molecule has 1 aliphatic rings. The number of ether oxygens (including phenoxy) is 1. The molecule has 0 saturated carbocycles. The lowest BCUT2D eigenvalue weighted by Gasteiger charge is -2.29. The summed E-state index contributed by atoms with van der Waals surface area (Å²) in [6.45, 7) is 2.04. The van der Waals surface area contributed by atoms with Crippen LogP contribution in [0.4, 0.5) is 18.9 Å². The number of nitrogens with zero attached hydrogens (tertiary/aromatic N) is 2. The van der Waals surface area contributed by atoms with Crippen LogP contribution < -0.4 is 15.0 Å². The minimum absolute atomic E-state index is 0.142. The molecule has 0 bridgehead atoms. The van der Waals surface area contributed by atoms with Crippen molar-refractivity contribution < 1.29 is 17.9 Å². The van der Waals surface area contributed by atoms with E-state index in [1.54, 1.807) is 12.3 Å². The van der Waals surface area contributed by atoms with E-state index in [0.29, 0.717) is 0 Å². The van der Waals surface area contributed by atoms with E-state index in [-0.39, 0.29) is 5.75 Å². The molecule has 0 spiro atoms. The summed E-state index contributed by atoms with van der Waals surface area (Å²) in [5.74, 6) is 0.142. The maximum atomic E-state index is 12.0. The highest BCUT2D eigenvalue weighted by atomic mass is 19.4. The minimum Gasteiger partial charge on any atom is -0.482 e. The fraction of sp³-hybridized carbons (Fsp3) is 0.545. The summed E-state index contributed by atoms with van der Waals surface area (Å²) in [6, 6.07) is 1.59. The summed E-state index contributed by atoms with van der Waals surface area (Å²) < 4.78 is 40.8. The summed E-state index contributed by atoms with van der Waals surface area (Å²) in [5, 5.41) is 3.20. The van der Waals surface area contributed by atoms with Gasteiger partial charge in [0, 0.05) is 32.2 Å². The topological polar surface area (TPSA) is 37.4 Å². The molecule has 1 saturated heterocycles. The van der Waals surface area contributed by atoms with Crippen LogP contribution >= 0.6 is 0 Å². The van der Waals surface area contributed by atoms with Gasteiger partial charge in [-0.3, -0.25) is 4.98 Å². The molecule has 0 aliphatic carbocycles. The predicted molar refractivity (Wildman–Crippen MR) is 60.9 cm³/mol. The van der Waals surface area contributed by atoms with Crippen molar-refractivity contribution in [2.75, 3.05) is 37.7 Å². The lowest BCUT2D eigenvalue weighted by Crippen LogP contribution is -2.43. The van der Waals surface area contributed by atoms with Gasteiger partial charge in [-0.2, -0.15) is 13.2 Å². The van der Waals surface area contributed by atoms with Gasteiger partial charge >= 0.3 is 6.18 Å². The average Bonchev–Trinajstić information content (AvgIpc) is 2.37. The zero-order chi connectivity index (χ0) is 13.0. The van der Waals surface area contributed by atoms with Gasteiger partial charge in [0.25, 0.3) is 0 Å². The molecule has 4 nitrogen and oxygen atoms in total. The smallest absolute Gasteiger partial charge is 0.422 e. The first kappa shape index (κ1) is 12.9. The Morgan fingerprint density at radius 3 is 2.67 bits per heavy atom. The molecule has 1 aromatic heterocycles. The molecule has 0 radical (unpaired) electrons. The number of nitrogens with one attached hydrogen (secondary N) is 1.